The van der Waals surface area contributed by atoms with E-state index in [1.807, 2.05) is 20.8 Å². The van der Waals surface area contributed by atoms with Crippen molar-refractivity contribution in [3.63, 3.8) is 0 Å². The number of hydrogen-bond donors (Lipinski definition) is 0. The van der Waals surface area contributed by atoms with Gasteiger partial charge in [0.2, 0.25) is 0 Å². The summed E-state index contributed by atoms with van der Waals surface area (Å²) in [4.78, 5) is 35.5. The zero-order chi connectivity index (χ0) is 48.4. The molecule has 0 amide bonds. The molecule has 6 nitrogen and oxygen atoms in total. The number of allylic oxidation sites excluding steroid dienone is 12. The van der Waals surface area contributed by atoms with Crippen molar-refractivity contribution in [3.8, 4) is 0 Å². The smallest absolute Gasteiger partial charge is 0.550 e. The van der Waals surface area contributed by atoms with E-state index in [1.54, 1.807) is 16.7 Å². The zero-order valence-electron chi connectivity index (χ0n) is 43.8. The van der Waals surface area contributed by atoms with Crippen molar-refractivity contribution in [2.45, 2.75) is 199 Å². The zero-order valence-corrected chi connectivity index (χ0v) is 47.0. The van der Waals surface area contributed by atoms with E-state index in [0.29, 0.717) is 35.5 Å². The third-order valence-electron chi connectivity index (χ3n) is 21.1. The van der Waals surface area contributed by atoms with Crippen LogP contribution in [0.3, 0.4) is 0 Å². The molecule has 3 fully saturated rings. The van der Waals surface area contributed by atoms with Crippen LogP contribution in [0.4, 0.5) is 0 Å². The van der Waals surface area contributed by atoms with Crippen molar-refractivity contribution in [3.05, 3.63) is 69.9 Å². The molecule has 67 heavy (non-hydrogen) atoms. The Morgan fingerprint density at radius 2 is 0.687 bits per heavy atom. The topological polar surface area (TPSA) is 120 Å². The van der Waals surface area contributed by atoms with Crippen LogP contribution in [0.5, 0.6) is 0 Å². The monoisotopic (exact) mass is 1040 g/mol. The van der Waals surface area contributed by atoms with Gasteiger partial charge in [0, 0.05) is 34.2 Å². The molecular formula is C60H87CeO6. The molecule has 3 saturated carbocycles. The van der Waals surface area contributed by atoms with Gasteiger partial charge < -0.3 is 29.7 Å². The SMILES string of the molecule is CC(C)C1=CC2=CC[C@@H]3[C@](C)(CCC[C@@]3(C)C(=O)[O-])[C@H]2CC1.CC(C)C1=CC2=CC[C@@H]3[C@](C)(CCC[C@@]3(C)C(=O)[O-])[C@H]2CC1.CC(C)C1=CC2=CC[C@@H]3[C@](C)(CCC[C@@]3(C)C(=O)[O-])[C@H]2CC1.[Ce+3]. The predicted octanol–water partition coefficient (Wildman–Crippen LogP) is 11.6. The van der Waals surface area contributed by atoms with Gasteiger partial charge in [0.05, 0.1) is 0 Å². The van der Waals surface area contributed by atoms with Crippen LogP contribution >= 0.6 is 0 Å². The van der Waals surface area contributed by atoms with E-state index < -0.39 is 34.2 Å². The van der Waals surface area contributed by atoms with Crippen molar-refractivity contribution < 1.29 is 71.5 Å². The van der Waals surface area contributed by atoms with E-state index in [-0.39, 0.29) is 75.7 Å². The van der Waals surface area contributed by atoms with Crippen LogP contribution in [-0.2, 0) is 14.4 Å². The number of aliphatic carboxylic acids is 3. The molecule has 7 heteroatoms. The fraction of sp³-hybridized carbons (Fsp3) is 0.750. The van der Waals surface area contributed by atoms with E-state index in [2.05, 4.69) is 98.8 Å². The first-order valence-electron chi connectivity index (χ1n) is 26.7. The van der Waals surface area contributed by atoms with Crippen LogP contribution in [0.1, 0.15) is 199 Å². The Hall–Kier alpha value is -1.77. The molecule has 12 atom stereocenters. The first kappa shape index (κ1) is 54.6. The maximum absolute atomic E-state index is 11.8. The van der Waals surface area contributed by atoms with Gasteiger partial charge in [-0.1, -0.05) is 156 Å². The molecule has 0 aromatic rings. The van der Waals surface area contributed by atoms with Crippen molar-refractivity contribution in [1.29, 1.82) is 0 Å². The van der Waals surface area contributed by atoms with Gasteiger partial charge >= 0.3 is 41.7 Å². The first-order chi connectivity index (χ1) is 30.9. The minimum atomic E-state index is -0.838. The van der Waals surface area contributed by atoms with Crippen LogP contribution in [0.15, 0.2) is 69.9 Å². The maximum atomic E-state index is 11.8. The quantitative estimate of drug-likeness (QED) is 0.261. The Kier molecular flexibility index (Phi) is 16.6. The summed E-state index contributed by atoms with van der Waals surface area (Å²) in [6, 6.07) is 0. The second-order valence-electron chi connectivity index (χ2n) is 25.6. The third kappa shape index (κ3) is 9.69. The van der Waals surface area contributed by atoms with Crippen LogP contribution in [0, 0.1) is 127 Å². The van der Waals surface area contributed by atoms with Gasteiger partial charge in [0.1, 0.15) is 0 Å². The average molecular weight is 1040 g/mol. The Morgan fingerprint density at radius 3 is 0.896 bits per heavy atom. The second-order valence-corrected chi connectivity index (χ2v) is 25.6. The number of carboxylic acids is 3. The number of rotatable bonds is 6. The summed E-state index contributed by atoms with van der Waals surface area (Å²) >= 11 is 0. The Labute approximate surface area is 440 Å². The summed E-state index contributed by atoms with van der Waals surface area (Å²) < 4.78 is 0. The molecule has 9 aliphatic rings. The minimum Gasteiger partial charge on any atom is -0.550 e. The molecule has 0 heterocycles. The van der Waals surface area contributed by atoms with Gasteiger partial charge in [-0.3, -0.25) is 0 Å². The average Bonchev–Trinajstić information content (AvgIpc) is 3.26. The van der Waals surface area contributed by atoms with Gasteiger partial charge in [-0.05, 0) is 183 Å². The Balaban J connectivity index is 0.000000165. The number of carbonyl (C=O) groups excluding carboxylic acids is 3. The van der Waals surface area contributed by atoms with Crippen LogP contribution in [0.2, 0.25) is 0 Å². The van der Waals surface area contributed by atoms with Crippen LogP contribution in [0.25, 0.3) is 0 Å². The number of hydrogen-bond acceptors (Lipinski definition) is 6. The molecule has 0 N–H and O–H groups in total. The summed E-state index contributed by atoms with van der Waals surface area (Å²) in [5.74, 6) is 1.61. The molecule has 9 aliphatic carbocycles. The third-order valence-corrected chi connectivity index (χ3v) is 21.1. The van der Waals surface area contributed by atoms with E-state index in [4.69, 9.17) is 0 Å². The van der Waals surface area contributed by atoms with E-state index in [0.717, 1.165) is 77.0 Å². The minimum absolute atomic E-state index is 0. The summed E-state index contributed by atoms with van der Waals surface area (Å²) in [6.07, 6.45) is 32.9. The molecule has 0 saturated heterocycles. The normalized spacial score (nSPS) is 40.7. The largest absolute Gasteiger partial charge is 3.00 e. The molecule has 0 aromatic carbocycles. The Bertz CT molecular complexity index is 1870. The van der Waals surface area contributed by atoms with Crippen molar-refractivity contribution in [2.24, 2.45) is 85.8 Å². The van der Waals surface area contributed by atoms with Crippen molar-refractivity contribution in [2.75, 3.05) is 0 Å². The molecular weight excluding hydrogens is 957 g/mol. The first-order valence-corrected chi connectivity index (χ1v) is 26.7. The summed E-state index contributed by atoms with van der Waals surface area (Å²) in [7, 11) is 0. The molecule has 9 rings (SSSR count). The van der Waals surface area contributed by atoms with E-state index in [1.165, 1.54) is 55.2 Å². The van der Waals surface area contributed by atoms with E-state index in [9.17, 15) is 29.7 Å². The molecule has 367 valence electrons. The van der Waals surface area contributed by atoms with Gasteiger partial charge in [-0.25, -0.2) is 0 Å². The number of carbonyl (C=O) groups is 3. The predicted molar refractivity (Wildman–Crippen MR) is 261 cm³/mol. The van der Waals surface area contributed by atoms with Crippen LogP contribution < -0.4 is 15.3 Å². The Morgan fingerprint density at radius 1 is 0.448 bits per heavy atom. The second kappa shape index (κ2) is 20.4. The molecule has 0 aromatic heterocycles. The molecule has 1 radical (unpaired) electrons. The van der Waals surface area contributed by atoms with Gasteiger partial charge in [-0.2, -0.15) is 0 Å². The van der Waals surface area contributed by atoms with Gasteiger partial charge in [0.25, 0.3) is 0 Å². The van der Waals surface area contributed by atoms with Crippen molar-refractivity contribution in [1.82, 2.24) is 0 Å². The maximum Gasteiger partial charge on any atom is 3.00 e. The summed E-state index contributed by atoms with van der Waals surface area (Å²) in [5, 5.41) is 35.5. The summed E-state index contributed by atoms with van der Waals surface area (Å²) in [5.41, 5.74) is 7.52. The number of fused-ring (bicyclic) bond motifs is 9. The fourth-order valence-electron chi connectivity index (χ4n) is 16.8. The fourth-order valence-corrected chi connectivity index (χ4v) is 16.8. The molecule has 0 unspecified atom stereocenters. The van der Waals surface area contributed by atoms with Gasteiger partial charge in [-0.15, -0.1) is 0 Å². The van der Waals surface area contributed by atoms with Crippen LogP contribution in [-0.4, -0.2) is 17.9 Å². The van der Waals surface area contributed by atoms with Gasteiger partial charge in [0.15, 0.2) is 0 Å². The standard InChI is InChI=1S/3C20H30O2.Ce/c3*1-13(2)14-6-8-16-15(12-14)7-9-17-19(16,3)10-5-11-20(17,4)18(21)22;/h3*7,12-13,16-17H,5-6,8-11H2,1-4H3,(H,21,22);/q;;;+3/p-3/t3*16-,17+,19+,20+;/m000./s1. The molecule has 0 bridgehead atoms. The molecule has 0 aliphatic heterocycles. The van der Waals surface area contributed by atoms with E-state index >= 15 is 0 Å². The summed E-state index contributed by atoms with van der Waals surface area (Å²) in [6.45, 7) is 26.5. The van der Waals surface area contributed by atoms with Crippen molar-refractivity contribution >= 4 is 17.9 Å². The molecule has 0 spiro atoms. The number of carboxylic acid groups (broad SMARTS) is 3.